The number of nitrogens with zero attached hydrogens (tertiary/aromatic N) is 7. The van der Waals surface area contributed by atoms with Gasteiger partial charge < -0.3 is 14.5 Å². The van der Waals surface area contributed by atoms with Gasteiger partial charge in [-0.2, -0.15) is 11.8 Å². The molecule has 0 N–H and O–H groups in total. The zero-order valence-corrected chi connectivity index (χ0v) is 84.3. The maximum Gasteiger partial charge on any atom is 0.155 e. The molecule has 10 atom stereocenters. The number of fused-ring (bicyclic) bond motifs is 5. The lowest BCUT2D eigenvalue weighted by atomic mass is 9.80. The smallest absolute Gasteiger partial charge is 0.155 e. The Kier molecular flexibility index (Phi) is 27.7. The molecule has 10 spiro atoms. The average molecular weight is 1740 g/mol. The molecule has 5 saturated carbocycles. The summed E-state index contributed by atoms with van der Waals surface area (Å²) in [7, 11) is -2.88. The van der Waals surface area contributed by atoms with Gasteiger partial charge in [0, 0.05) is 158 Å². The fourth-order valence-corrected chi connectivity index (χ4v) is 33.1. The fourth-order valence-electron chi connectivity index (χ4n) is 28.5. The van der Waals surface area contributed by atoms with Crippen LogP contribution >= 0.6 is 11.8 Å². The lowest BCUT2D eigenvalue weighted by molar-refractivity contribution is -0.133. The van der Waals surface area contributed by atoms with Gasteiger partial charge in [0.1, 0.15) is 0 Å². The zero-order chi connectivity index (χ0) is 88.8. The van der Waals surface area contributed by atoms with Crippen molar-refractivity contribution in [3.8, 4) is 0 Å². The first-order valence-corrected chi connectivity index (χ1v) is 48.9. The van der Waals surface area contributed by atoms with Gasteiger partial charge in [0.05, 0.1) is 54.9 Å². The Morgan fingerprint density at radius 1 is 0.289 bits per heavy atom. The molecule has 10 heterocycles. The SMILES string of the molecule is C.C.C.C.C.CC(C)(C)C(=O)[C@@H]1CC2(CN1C(C)(C)C)C(C)(C)C21CS(=O)(=O)C1.CC(C)(C)C(=O)[C@@H]1C[C@]2(CN1C(C)(C)C)C(C)(C)C21COC1.CC(C)(C)C(=O)[C@@H]1C[C@]2(CN1C(C)(C)C)C(C)(C)C21CSC1.CCN1CC2(C1)C(C)(C)[C@@]21C[C@@H](C(=O)C(C)(C)C)N(C(C)(C)C)C1.CCN1CC2(C1)C(C)(C)[C@]21C[C@@H](C(=O)C(C)(C)C)N(C(C)(C)C)C1. The lowest BCUT2D eigenvalue weighted by Gasteiger charge is -2.43. The van der Waals surface area contributed by atoms with Crippen LogP contribution in [0.25, 0.3) is 0 Å². The Labute approximate surface area is 751 Å². The van der Waals surface area contributed by atoms with Gasteiger partial charge in [-0.15, -0.1) is 0 Å². The van der Waals surface area contributed by atoms with Crippen molar-refractivity contribution >= 4 is 50.5 Å². The topological polar surface area (TPSA) is 151 Å². The summed E-state index contributed by atoms with van der Waals surface area (Å²) in [5.41, 5.74) is 2.82. The summed E-state index contributed by atoms with van der Waals surface area (Å²) in [5.74, 6) is 5.19. The molecule has 15 nitrogen and oxygen atoms in total. The maximum absolute atomic E-state index is 13.2. The average Bonchev–Trinajstić information content (AvgIpc) is 1.35. The van der Waals surface area contributed by atoms with Crippen LogP contribution in [0.4, 0.5) is 0 Å². The van der Waals surface area contributed by atoms with Crippen LogP contribution in [0.3, 0.4) is 0 Å². The number of hydrogen-bond acceptors (Lipinski definition) is 16. The highest BCUT2D eigenvalue weighted by Gasteiger charge is 2.92. The van der Waals surface area contributed by atoms with Crippen LogP contribution in [0.5, 0.6) is 0 Å². The Hall–Kier alpha value is -1.67. The number of rotatable bonds is 7. The Bertz CT molecular complexity index is 3770. The van der Waals surface area contributed by atoms with E-state index in [0.717, 1.165) is 91.1 Å². The van der Waals surface area contributed by atoms with E-state index in [0.29, 0.717) is 88.8 Å². The van der Waals surface area contributed by atoms with E-state index < -0.39 is 9.84 Å². The fraction of sp³-hybridized carbons (Fsp3) is 0.952. The highest BCUT2D eigenvalue weighted by molar-refractivity contribution is 8.00. The second-order valence-corrected chi connectivity index (χ2v) is 57.3. The van der Waals surface area contributed by atoms with E-state index in [1.807, 2.05) is 20.8 Å². The van der Waals surface area contributed by atoms with E-state index in [-0.39, 0.29) is 155 Å². The zero-order valence-electron chi connectivity index (χ0n) is 82.7. The predicted molar refractivity (Wildman–Crippen MR) is 515 cm³/mol. The normalized spacial score (nSPS) is 34.7. The molecule has 121 heavy (non-hydrogen) atoms. The van der Waals surface area contributed by atoms with E-state index in [1.165, 1.54) is 37.7 Å². The molecule has 15 fully saturated rings. The largest absolute Gasteiger partial charge is 0.380 e. The van der Waals surface area contributed by atoms with Crippen LogP contribution in [0.2, 0.25) is 0 Å². The standard InChI is InChI=1S/2C21H38N2O.C19H33NO3S.C19H33NO2.C19H33NOS.5CH4/c2*1-10-22-12-21(13-22)19(8,9)20(21)11-15(16(24)17(2,3)4)23(14-20)18(5,6)7;1-15(2,3)14(21)13-9-18(10-20(13)16(4,5)6)17(7,8)19(18)11-24(22,23)12-19;2*1-15(2,3)14(21)13-9-18(10-20(13)16(4,5)6)17(7,8)19(18)11-22-12-19;;;;;/h2*15H,10-14H2,1-9H3;13H,9-12H2,1-8H3;2*13H,9-12H2,1-8H3;5*1H4/t15-,20+;15-,20-;13-,18?;2*13-,18-;;;;;/m00000...../s1. The number of ketones is 5. The minimum absolute atomic E-state index is 0. The van der Waals surface area contributed by atoms with E-state index >= 15 is 0 Å². The highest BCUT2D eigenvalue weighted by atomic mass is 32.2. The van der Waals surface area contributed by atoms with Crippen molar-refractivity contribution in [2.24, 2.45) is 108 Å². The number of thioether (sulfide) groups is 1. The summed E-state index contributed by atoms with van der Waals surface area (Å²) >= 11 is 2.09. The molecule has 15 aliphatic rings. The monoisotopic (exact) mass is 1730 g/mol. The number of ether oxygens (including phenoxy) is 1. The Balaban J connectivity index is 0.000000232. The Morgan fingerprint density at radius 2 is 0.471 bits per heavy atom. The van der Waals surface area contributed by atoms with Crippen molar-refractivity contribution in [1.29, 1.82) is 0 Å². The lowest BCUT2D eigenvalue weighted by Crippen LogP contribution is -2.52. The minimum atomic E-state index is -2.88. The van der Waals surface area contributed by atoms with Crippen LogP contribution in [-0.2, 0) is 38.5 Å². The number of hydrogen-bond donors (Lipinski definition) is 0. The molecule has 706 valence electrons. The molecule has 0 aromatic carbocycles. The number of likely N-dealkylation sites (tertiary alicyclic amines) is 7. The van der Waals surface area contributed by atoms with Gasteiger partial charge in [-0.25, -0.2) is 8.42 Å². The van der Waals surface area contributed by atoms with Crippen molar-refractivity contribution in [2.45, 2.75) is 418 Å². The highest BCUT2D eigenvalue weighted by Crippen LogP contribution is 2.90. The van der Waals surface area contributed by atoms with E-state index in [2.05, 4.69) is 316 Å². The second kappa shape index (κ2) is 31.0. The molecule has 10 saturated heterocycles. The van der Waals surface area contributed by atoms with Crippen LogP contribution in [0.1, 0.15) is 360 Å². The van der Waals surface area contributed by atoms with E-state index in [1.54, 1.807) is 0 Å². The summed E-state index contributed by atoms with van der Waals surface area (Å²) in [6.45, 7) is 107. The van der Waals surface area contributed by atoms with Crippen LogP contribution in [0, 0.1) is 108 Å². The molecule has 0 amide bonds. The third-order valence-electron chi connectivity index (χ3n) is 37.7. The van der Waals surface area contributed by atoms with Crippen molar-refractivity contribution in [1.82, 2.24) is 34.3 Å². The van der Waals surface area contributed by atoms with Crippen molar-refractivity contribution in [2.75, 3.05) is 108 Å². The molecular weight excluding hydrogens is 1540 g/mol. The van der Waals surface area contributed by atoms with Crippen LogP contribution < -0.4 is 0 Å². The summed E-state index contributed by atoms with van der Waals surface area (Å²) in [5, 5.41) is 0. The van der Waals surface area contributed by atoms with Crippen LogP contribution in [0.15, 0.2) is 0 Å². The molecule has 10 aliphatic heterocycles. The van der Waals surface area contributed by atoms with Gasteiger partial charge in [-0.05, 0) is 198 Å². The maximum atomic E-state index is 13.2. The number of carbonyl (C=O) groups is 5. The van der Waals surface area contributed by atoms with Gasteiger partial charge >= 0.3 is 0 Å². The van der Waals surface area contributed by atoms with Crippen LogP contribution in [-0.4, -0.2) is 238 Å². The third-order valence-corrected chi connectivity index (χ3v) is 41.0. The first kappa shape index (κ1) is 108. The molecular formula is C104H195N7O8S2. The van der Waals surface area contributed by atoms with Gasteiger partial charge in [0.25, 0.3) is 0 Å². The molecule has 0 aromatic heterocycles. The third kappa shape index (κ3) is 15.1. The summed E-state index contributed by atoms with van der Waals surface area (Å²) in [6, 6.07) is 0.217. The van der Waals surface area contributed by atoms with Gasteiger partial charge in [0.2, 0.25) is 0 Å². The second-order valence-electron chi connectivity index (χ2n) is 54.2. The molecule has 17 heteroatoms. The molecule has 1 unspecified atom stereocenters. The van der Waals surface area contributed by atoms with Gasteiger partial charge in [-0.1, -0.05) is 224 Å². The Morgan fingerprint density at radius 3 is 0.620 bits per heavy atom. The number of sulfone groups is 1. The molecule has 0 aromatic rings. The molecule has 0 radical (unpaired) electrons. The molecule has 15 rings (SSSR count). The quantitative estimate of drug-likeness (QED) is 0.237. The molecule has 0 bridgehead atoms. The van der Waals surface area contributed by atoms with E-state index in [9.17, 15) is 32.4 Å². The van der Waals surface area contributed by atoms with Crippen molar-refractivity contribution in [3.05, 3.63) is 0 Å². The number of Topliss-reactive ketones (excluding diaryl/α,β-unsaturated/α-hetero) is 5. The van der Waals surface area contributed by atoms with Crippen molar-refractivity contribution < 1.29 is 37.1 Å². The number of carbonyl (C=O) groups excluding carboxylic acids is 5. The van der Waals surface area contributed by atoms with Gasteiger partial charge in [0.15, 0.2) is 38.8 Å². The first-order chi connectivity index (χ1) is 51.6. The van der Waals surface area contributed by atoms with E-state index in [4.69, 9.17) is 4.74 Å². The summed E-state index contributed by atoms with van der Waals surface area (Å²) in [4.78, 5) is 83.4. The first-order valence-electron chi connectivity index (χ1n) is 45.9. The minimum Gasteiger partial charge on any atom is -0.380 e. The summed E-state index contributed by atoms with van der Waals surface area (Å²) in [6.07, 6.45) is 5.02. The molecule has 5 aliphatic carbocycles. The predicted octanol–water partition coefficient (Wildman–Crippen LogP) is 21.5. The summed E-state index contributed by atoms with van der Waals surface area (Å²) < 4.78 is 29.5. The van der Waals surface area contributed by atoms with Crippen molar-refractivity contribution in [3.63, 3.8) is 0 Å². The van der Waals surface area contributed by atoms with Gasteiger partial charge in [-0.3, -0.25) is 48.5 Å².